The van der Waals surface area contributed by atoms with E-state index in [-0.39, 0.29) is 10.6 Å². The van der Waals surface area contributed by atoms with Gasteiger partial charge in [0.15, 0.2) is 5.58 Å². The topological polar surface area (TPSA) is 46.0 Å². The minimum absolute atomic E-state index is 0.315. The molecule has 0 bridgehead atoms. The third kappa shape index (κ3) is 2.33. The summed E-state index contributed by atoms with van der Waals surface area (Å²) in [5, 5.41) is 0. The van der Waals surface area contributed by atoms with Gasteiger partial charge < -0.3 is 4.42 Å². The molecule has 0 fully saturated rings. The van der Waals surface area contributed by atoms with Crippen molar-refractivity contribution in [3.63, 3.8) is 0 Å². The van der Waals surface area contributed by atoms with Crippen molar-refractivity contribution in [1.82, 2.24) is 4.98 Å². The van der Waals surface area contributed by atoms with E-state index in [9.17, 15) is 9.18 Å². The van der Waals surface area contributed by atoms with Gasteiger partial charge in [0.2, 0.25) is 0 Å². The summed E-state index contributed by atoms with van der Waals surface area (Å²) in [7, 11) is 0. The average Bonchev–Trinajstić information content (AvgIpc) is 2.80. The zero-order chi connectivity index (χ0) is 14.3. The highest BCUT2D eigenvalue weighted by Crippen LogP contribution is 2.35. The van der Waals surface area contributed by atoms with Crippen LogP contribution in [0, 0.1) is 5.82 Å². The average molecular weight is 401 g/mol. The van der Waals surface area contributed by atoms with E-state index < -0.39 is 5.76 Å². The first-order valence-electron chi connectivity index (χ1n) is 5.77. The molecular weight excluding hydrogens is 393 g/mol. The predicted octanol–water partition coefficient (Wildman–Crippen LogP) is 4.51. The molecule has 0 saturated heterocycles. The number of halogens is 3. The fraction of sp³-hybridized carbons (Fsp3) is 0.0714. The molecule has 3 rings (SSSR count). The molecule has 3 aromatic rings. The van der Waals surface area contributed by atoms with Gasteiger partial charge in [-0.3, -0.25) is 4.98 Å². The molecule has 0 spiro atoms. The fourth-order valence-electron chi connectivity index (χ4n) is 2.02. The van der Waals surface area contributed by atoms with Crippen molar-refractivity contribution in [2.75, 3.05) is 0 Å². The number of rotatable bonds is 2. The van der Waals surface area contributed by atoms with Crippen molar-refractivity contribution in [1.29, 1.82) is 0 Å². The van der Waals surface area contributed by atoms with E-state index in [2.05, 4.69) is 36.8 Å². The largest absolute Gasteiger partial charge is 0.417 e. The van der Waals surface area contributed by atoms with Crippen LogP contribution in [0.5, 0.6) is 0 Å². The molecule has 1 heterocycles. The number of hydrogen-bond acceptors (Lipinski definition) is 2. The lowest BCUT2D eigenvalue weighted by Crippen LogP contribution is -1.97. The maximum atomic E-state index is 14.1. The molecule has 6 heteroatoms. The first kappa shape index (κ1) is 13.6. The number of oxazole rings is 1. The molecule has 0 aliphatic heterocycles. The third-order valence-corrected chi connectivity index (χ3v) is 4.63. The van der Waals surface area contributed by atoms with Gasteiger partial charge in [0.25, 0.3) is 0 Å². The van der Waals surface area contributed by atoms with E-state index in [1.807, 2.05) is 6.07 Å². The second-order valence-electron chi connectivity index (χ2n) is 4.28. The van der Waals surface area contributed by atoms with Gasteiger partial charge in [-0.2, -0.15) is 0 Å². The van der Waals surface area contributed by atoms with E-state index in [0.29, 0.717) is 21.1 Å². The minimum atomic E-state index is -0.503. The normalized spacial score (nSPS) is 12.8. The Kier molecular flexibility index (Phi) is 3.52. The molecular formula is C14H8Br2FNO2. The Balaban J connectivity index is 2.09. The van der Waals surface area contributed by atoms with Gasteiger partial charge in [0.1, 0.15) is 5.82 Å². The zero-order valence-electron chi connectivity index (χ0n) is 9.99. The summed E-state index contributed by atoms with van der Waals surface area (Å²) in [5.74, 6) is -0.818. The van der Waals surface area contributed by atoms with Gasteiger partial charge in [-0.1, -0.05) is 34.1 Å². The summed E-state index contributed by atoms with van der Waals surface area (Å²) < 4.78 is 19.5. The SMILES string of the molecule is O=c1[nH]c2ccc(C(Br)c3cccc(Br)c3F)cc2o1. The Bertz CT molecular complexity index is 841. The van der Waals surface area contributed by atoms with Crippen LogP contribution in [-0.2, 0) is 0 Å². The summed E-state index contributed by atoms with van der Waals surface area (Å²) in [4.78, 5) is 13.4. The van der Waals surface area contributed by atoms with Crippen LogP contribution in [0.25, 0.3) is 11.1 Å². The second kappa shape index (κ2) is 5.18. The monoisotopic (exact) mass is 399 g/mol. The summed E-state index contributed by atoms with van der Waals surface area (Å²) >= 11 is 6.65. The number of benzene rings is 2. The fourth-order valence-corrected chi connectivity index (χ4v) is 3.04. The second-order valence-corrected chi connectivity index (χ2v) is 6.05. The van der Waals surface area contributed by atoms with E-state index >= 15 is 0 Å². The Labute approximate surface area is 130 Å². The molecule has 1 aromatic heterocycles. The maximum absolute atomic E-state index is 14.1. The van der Waals surface area contributed by atoms with Crippen molar-refractivity contribution in [2.45, 2.75) is 4.83 Å². The van der Waals surface area contributed by atoms with Crippen LogP contribution in [0.3, 0.4) is 0 Å². The standard InChI is InChI=1S/C14H8Br2FNO2/c15-9-3-1-2-8(13(9)17)12(16)7-4-5-10-11(6-7)20-14(19)18-10/h1-6,12H,(H,18,19). The van der Waals surface area contributed by atoms with Crippen LogP contribution in [0.4, 0.5) is 4.39 Å². The van der Waals surface area contributed by atoms with Crippen LogP contribution in [-0.4, -0.2) is 4.98 Å². The van der Waals surface area contributed by atoms with Gasteiger partial charge in [-0.25, -0.2) is 9.18 Å². The number of alkyl halides is 1. The van der Waals surface area contributed by atoms with Gasteiger partial charge >= 0.3 is 5.76 Å². The van der Waals surface area contributed by atoms with Crippen LogP contribution >= 0.6 is 31.9 Å². The Morgan fingerprint density at radius 3 is 2.85 bits per heavy atom. The maximum Gasteiger partial charge on any atom is 0.417 e. The number of nitrogens with one attached hydrogen (secondary N) is 1. The first-order chi connectivity index (χ1) is 9.56. The minimum Gasteiger partial charge on any atom is -0.408 e. The number of hydrogen-bond donors (Lipinski definition) is 1. The highest BCUT2D eigenvalue weighted by molar-refractivity contribution is 9.10. The van der Waals surface area contributed by atoms with Crippen molar-refractivity contribution in [3.8, 4) is 0 Å². The Hall–Kier alpha value is -1.40. The summed E-state index contributed by atoms with van der Waals surface area (Å²) in [5.41, 5.74) is 2.38. The molecule has 2 aromatic carbocycles. The molecule has 1 N–H and O–H groups in total. The van der Waals surface area contributed by atoms with Gasteiger partial charge in [-0.15, -0.1) is 0 Å². The quantitative estimate of drug-likeness (QED) is 0.643. The molecule has 1 atom stereocenters. The first-order valence-corrected chi connectivity index (χ1v) is 7.48. The molecule has 0 amide bonds. The third-order valence-electron chi connectivity index (χ3n) is 2.99. The Morgan fingerprint density at radius 2 is 2.05 bits per heavy atom. The molecule has 0 aliphatic carbocycles. The number of fused-ring (bicyclic) bond motifs is 1. The van der Waals surface area contributed by atoms with Crippen LogP contribution in [0.2, 0.25) is 0 Å². The van der Waals surface area contributed by atoms with Crippen molar-refractivity contribution in [3.05, 3.63) is 68.4 Å². The molecule has 0 radical (unpaired) electrons. The van der Waals surface area contributed by atoms with Crippen LogP contribution < -0.4 is 5.76 Å². The van der Waals surface area contributed by atoms with Crippen LogP contribution in [0.15, 0.2) is 50.1 Å². The van der Waals surface area contributed by atoms with Crippen LogP contribution in [0.1, 0.15) is 16.0 Å². The smallest absolute Gasteiger partial charge is 0.408 e. The Morgan fingerprint density at radius 1 is 1.25 bits per heavy atom. The van der Waals surface area contributed by atoms with Crippen molar-refractivity contribution < 1.29 is 8.81 Å². The lowest BCUT2D eigenvalue weighted by atomic mass is 10.0. The number of H-pyrrole nitrogens is 1. The van der Waals surface area contributed by atoms with E-state index in [0.717, 1.165) is 5.56 Å². The van der Waals surface area contributed by atoms with E-state index in [1.165, 1.54) is 0 Å². The number of aromatic amines is 1. The zero-order valence-corrected chi connectivity index (χ0v) is 13.2. The van der Waals surface area contributed by atoms with E-state index in [4.69, 9.17) is 4.42 Å². The van der Waals surface area contributed by atoms with Crippen molar-refractivity contribution in [2.24, 2.45) is 0 Å². The summed E-state index contributed by atoms with van der Waals surface area (Å²) in [6.45, 7) is 0. The molecule has 1 unspecified atom stereocenters. The molecule has 0 saturated carbocycles. The van der Waals surface area contributed by atoms with Crippen molar-refractivity contribution >= 4 is 43.0 Å². The molecule has 20 heavy (non-hydrogen) atoms. The molecule has 0 aliphatic rings. The molecule has 102 valence electrons. The lowest BCUT2D eigenvalue weighted by Gasteiger charge is -2.12. The highest BCUT2D eigenvalue weighted by atomic mass is 79.9. The molecule has 3 nitrogen and oxygen atoms in total. The van der Waals surface area contributed by atoms with Gasteiger partial charge in [-0.05, 0) is 39.7 Å². The summed E-state index contributed by atoms with van der Waals surface area (Å²) in [6, 6.07) is 10.4. The van der Waals surface area contributed by atoms with Gasteiger partial charge in [0, 0.05) is 5.56 Å². The predicted molar refractivity (Wildman–Crippen MR) is 81.7 cm³/mol. The van der Waals surface area contributed by atoms with Gasteiger partial charge in [0.05, 0.1) is 14.8 Å². The highest BCUT2D eigenvalue weighted by Gasteiger charge is 2.17. The summed E-state index contributed by atoms with van der Waals surface area (Å²) in [6.07, 6.45) is 0. The number of aromatic nitrogens is 1. The lowest BCUT2D eigenvalue weighted by molar-refractivity contribution is 0.555. The van der Waals surface area contributed by atoms with E-state index in [1.54, 1.807) is 30.3 Å².